The van der Waals surface area contributed by atoms with Crippen molar-refractivity contribution in [3.05, 3.63) is 24.3 Å². The molecule has 4 rings (SSSR count). The van der Waals surface area contributed by atoms with Crippen LogP contribution in [0.2, 0.25) is 0 Å². The molecule has 3 unspecified atom stereocenters. The number of amides is 1. The van der Waals surface area contributed by atoms with E-state index in [0.29, 0.717) is 42.8 Å². The number of nitrogens with one attached hydrogen (secondary N) is 1. The summed E-state index contributed by atoms with van der Waals surface area (Å²) in [6.45, 7) is 0.836. The maximum Gasteiger partial charge on any atom is 0.243 e. The smallest absolute Gasteiger partial charge is 0.243 e. The van der Waals surface area contributed by atoms with Crippen molar-refractivity contribution in [2.75, 3.05) is 19.3 Å². The summed E-state index contributed by atoms with van der Waals surface area (Å²) in [5, 5.41) is 3.27. The van der Waals surface area contributed by atoms with E-state index >= 15 is 0 Å². The Kier molecular flexibility index (Phi) is 5.54. The zero-order chi connectivity index (χ0) is 19.0. The third-order valence-electron chi connectivity index (χ3n) is 6.59. The standard InChI is InChI=1S/C20H28N2O3S2/c1-26-17-4-6-18(7-5-17)27(24,25)22-10-8-15(9-11-22)20(23)21-19-13-14-2-3-16(19)12-14/h4-7,14-16,19H,2-3,8-13H2,1H3,(H,21,23). The maximum atomic E-state index is 12.8. The van der Waals surface area contributed by atoms with E-state index in [1.165, 1.54) is 23.6 Å². The molecule has 27 heavy (non-hydrogen) atoms. The summed E-state index contributed by atoms with van der Waals surface area (Å²) in [6, 6.07) is 7.39. The normalized spacial score (nSPS) is 29.1. The van der Waals surface area contributed by atoms with Crippen molar-refractivity contribution in [1.29, 1.82) is 0 Å². The summed E-state index contributed by atoms with van der Waals surface area (Å²) in [6.07, 6.45) is 8.17. The molecule has 2 aliphatic carbocycles. The Balaban J connectivity index is 1.33. The number of rotatable bonds is 5. The van der Waals surface area contributed by atoms with Crippen LogP contribution < -0.4 is 5.32 Å². The molecule has 0 spiro atoms. The summed E-state index contributed by atoms with van der Waals surface area (Å²) < 4.78 is 27.2. The first kappa shape index (κ1) is 19.3. The molecule has 3 fully saturated rings. The second-order valence-electron chi connectivity index (χ2n) is 8.14. The molecule has 2 saturated carbocycles. The Morgan fingerprint density at radius 1 is 1.07 bits per heavy atom. The number of sulfonamides is 1. The molecule has 148 valence electrons. The van der Waals surface area contributed by atoms with Crippen LogP contribution in [0.5, 0.6) is 0 Å². The predicted octanol–water partition coefficient (Wildman–Crippen LogP) is 3.11. The third-order valence-corrected chi connectivity index (χ3v) is 9.24. The van der Waals surface area contributed by atoms with Crippen LogP contribution in [0.15, 0.2) is 34.1 Å². The zero-order valence-electron chi connectivity index (χ0n) is 15.8. The Labute approximate surface area is 166 Å². The van der Waals surface area contributed by atoms with Crippen LogP contribution in [0.1, 0.15) is 38.5 Å². The molecule has 1 heterocycles. The van der Waals surface area contributed by atoms with Crippen molar-refractivity contribution in [3.8, 4) is 0 Å². The van der Waals surface area contributed by atoms with Gasteiger partial charge in [0.05, 0.1) is 4.90 Å². The minimum atomic E-state index is -3.47. The molecule has 1 aliphatic heterocycles. The largest absolute Gasteiger partial charge is 0.353 e. The van der Waals surface area contributed by atoms with Gasteiger partial charge in [-0.25, -0.2) is 8.42 Å². The Bertz CT molecular complexity index is 786. The Morgan fingerprint density at radius 2 is 1.78 bits per heavy atom. The van der Waals surface area contributed by atoms with Gasteiger partial charge in [-0.15, -0.1) is 11.8 Å². The van der Waals surface area contributed by atoms with E-state index in [0.717, 1.165) is 17.2 Å². The van der Waals surface area contributed by atoms with Crippen LogP contribution in [0.25, 0.3) is 0 Å². The molecule has 0 aromatic heterocycles. The third kappa shape index (κ3) is 3.91. The van der Waals surface area contributed by atoms with E-state index < -0.39 is 10.0 Å². The average molecular weight is 409 g/mol. The van der Waals surface area contributed by atoms with Gasteiger partial charge < -0.3 is 5.32 Å². The van der Waals surface area contributed by atoms with Gasteiger partial charge in [0, 0.05) is 29.9 Å². The highest BCUT2D eigenvalue weighted by Gasteiger charge is 2.41. The van der Waals surface area contributed by atoms with Crippen molar-refractivity contribution in [2.45, 2.75) is 54.4 Å². The number of nitrogens with zero attached hydrogens (tertiary/aromatic N) is 1. The number of benzene rings is 1. The highest BCUT2D eigenvalue weighted by atomic mass is 32.2. The summed E-state index contributed by atoms with van der Waals surface area (Å²) in [7, 11) is -3.47. The van der Waals surface area contributed by atoms with E-state index in [9.17, 15) is 13.2 Å². The molecule has 5 nitrogen and oxygen atoms in total. The first-order valence-electron chi connectivity index (χ1n) is 9.92. The van der Waals surface area contributed by atoms with E-state index in [1.54, 1.807) is 23.9 Å². The molecule has 1 aromatic carbocycles. The average Bonchev–Trinajstić information content (AvgIpc) is 3.31. The number of carbonyl (C=O) groups excluding carboxylic acids is 1. The quantitative estimate of drug-likeness (QED) is 0.760. The van der Waals surface area contributed by atoms with E-state index in [1.807, 2.05) is 18.4 Å². The van der Waals surface area contributed by atoms with Crippen LogP contribution in [-0.4, -0.2) is 44.0 Å². The van der Waals surface area contributed by atoms with Gasteiger partial charge in [0.2, 0.25) is 15.9 Å². The van der Waals surface area contributed by atoms with Crippen molar-refractivity contribution < 1.29 is 13.2 Å². The van der Waals surface area contributed by atoms with Gasteiger partial charge in [-0.2, -0.15) is 4.31 Å². The number of piperidine rings is 1. The molecule has 3 atom stereocenters. The fourth-order valence-electron chi connectivity index (χ4n) is 4.98. The van der Waals surface area contributed by atoms with Gasteiger partial charge in [-0.1, -0.05) is 6.42 Å². The number of hydrogen-bond donors (Lipinski definition) is 1. The Morgan fingerprint density at radius 3 is 2.33 bits per heavy atom. The molecule has 1 amide bonds. The topological polar surface area (TPSA) is 66.5 Å². The zero-order valence-corrected chi connectivity index (χ0v) is 17.4. The molecule has 7 heteroatoms. The molecule has 1 aromatic rings. The molecular formula is C20H28N2O3S2. The van der Waals surface area contributed by atoms with Crippen LogP contribution in [0, 0.1) is 17.8 Å². The number of hydrogen-bond acceptors (Lipinski definition) is 4. The minimum absolute atomic E-state index is 0.0607. The van der Waals surface area contributed by atoms with Gasteiger partial charge in [0.15, 0.2) is 0 Å². The summed E-state index contributed by atoms with van der Waals surface area (Å²) in [5.41, 5.74) is 0. The van der Waals surface area contributed by atoms with Crippen LogP contribution in [0.3, 0.4) is 0 Å². The lowest BCUT2D eigenvalue weighted by atomic mass is 9.93. The SMILES string of the molecule is CSc1ccc(S(=O)(=O)N2CCC(C(=O)NC3CC4CCC3C4)CC2)cc1. The first-order valence-corrected chi connectivity index (χ1v) is 12.6. The lowest BCUT2D eigenvalue weighted by molar-refractivity contribution is -0.127. The van der Waals surface area contributed by atoms with Crippen molar-refractivity contribution in [2.24, 2.45) is 17.8 Å². The molecule has 1 saturated heterocycles. The second-order valence-corrected chi connectivity index (χ2v) is 11.0. The van der Waals surface area contributed by atoms with Gasteiger partial charge in [0.25, 0.3) is 0 Å². The van der Waals surface area contributed by atoms with Crippen LogP contribution in [-0.2, 0) is 14.8 Å². The predicted molar refractivity (Wildman–Crippen MR) is 107 cm³/mol. The van der Waals surface area contributed by atoms with Crippen molar-refractivity contribution in [1.82, 2.24) is 9.62 Å². The van der Waals surface area contributed by atoms with Gasteiger partial charge in [0.1, 0.15) is 0 Å². The number of thioether (sulfide) groups is 1. The molecule has 3 aliphatic rings. The number of fused-ring (bicyclic) bond motifs is 2. The first-order chi connectivity index (χ1) is 13.0. The highest BCUT2D eigenvalue weighted by molar-refractivity contribution is 7.98. The molecule has 1 N–H and O–H groups in total. The lowest BCUT2D eigenvalue weighted by Crippen LogP contribution is -2.46. The summed E-state index contributed by atoms with van der Waals surface area (Å²) in [5.74, 6) is 1.55. The van der Waals surface area contributed by atoms with Crippen molar-refractivity contribution in [3.63, 3.8) is 0 Å². The summed E-state index contributed by atoms with van der Waals surface area (Å²) >= 11 is 1.59. The monoisotopic (exact) mass is 408 g/mol. The summed E-state index contributed by atoms with van der Waals surface area (Å²) in [4.78, 5) is 14.0. The van der Waals surface area contributed by atoms with E-state index in [-0.39, 0.29) is 11.8 Å². The fourth-order valence-corrected chi connectivity index (χ4v) is 6.86. The highest BCUT2D eigenvalue weighted by Crippen LogP contribution is 2.44. The fraction of sp³-hybridized carbons (Fsp3) is 0.650. The van der Waals surface area contributed by atoms with E-state index in [2.05, 4.69) is 5.32 Å². The minimum Gasteiger partial charge on any atom is -0.353 e. The van der Waals surface area contributed by atoms with Crippen LogP contribution in [0.4, 0.5) is 0 Å². The van der Waals surface area contributed by atoms with Crippen LogP contribution >= 0.6 is 11.8 Å². The van der Waals surface area contributed by atoms with Gasteiger partial charge in [-0.3, -0.25) is 4.79 Å². The van der Waals surface area contributed by atoms with Gasteiger partial charge >= 0.3 is 0 Å². The lowest BCUT2D eigenvalue weighted by Gasteiger charge is -2.32. The number of carbonyl (C=O) groups is 1. The van der Waals surface area contributed by atoms with E-state index in [4.69, 9.17) is 0 Å². The molecule has 0 radical (unpaired) electrons. The second kappa shape index (κ2) is 7.76. The van der Waals surface area contributed by atoms with Gasteiger partial charge in [-0.05, 0) is 74.5 Å². The molecular weight excluding hydrogens is 380 g/mol. The molecule has 2 bridgehead atoms. The van der Waals surface area contributed by atoms with Crippen molar-refractivity contribution >= 4 is 27.7 Å². The maximum absolute atomic E-state index is 12.8. The Hall–Kier alpha value is -1.05.